The third kappa shape index (κ3) is 1.28. The summed E-state index contributed by atoms with van der Waals surface area (Å²) in [6.07, 6.45) is 0.554. The molecular formula is C11H10NO2-. The molecule has 1 aromatic rings. The van der Waals surface area contributed by atoms with E-state index in [1.54, 1.807) is 6.92 Å². The zero-order chi connectivity index (χ0) is 10.1. The van der Waals surface area contributed by atoms with Crippen molar-refractivity contribution < 1.29 is 9.63 Å². The van der Waals surface area contributed by atoms with E-state index in [1.807, 2.05) is 30.3 Å². The standard InChI is InChI=1S/C11H10NO2/c1-8-9(2)14-12(11(8)13)10-6-4-3-5-7-10/h3-7H,1H2,2H3/q-1. The van der Waals surface area contributed by atoms with E-state index >= 15 is 0 Å². The lowest BCUT2D eigenvalue weighted by molar-refractivity contribution is -0.117. The Labute approximate surface area is 82.5 Å². The quantitative estimate of drug-likeness (QED) is 0.498. The van der Waals surface area contributed by atoms with Crippen LogP contribution >= 0.6 is 0 Å². The summed E-state index contributed by atoms with van der Waals surface area (Å²) in [5, 5.41) is 1.25. The summed E-state index contributed by atoms with van der Waals surface area (Å²) in [5.41, 5.74) is 1.13. The van der Waals surface area contributed by atoms with Crippen molar-refractivity contribution in [1.29, 1.82) is 0 Å². The Balaban J connectivity index is 2.30. The van der Waals surface area contributed by atoms with E-state index in [0.717, 1.165) is 5.69 Å². The van der Waals surface area contributed by atoms with Crippen LogP contribution in [0.25, 0.3) is 0 Å². The fraction of sp³-hybridized carbons (Fsp3) is 0.0909. The molecule has 14 heavy (non-hydrogen) atoms. The highest BCUT2D eigenvalue weighted by Crippen LogP contribution is 2.29. The molecule has 1 saturated heterocycles. The molecule has 3 nitrogen and oxygen atoms in total. The van der Waals surface area contributed by atoms with Gasteiger partial charge in [0.1, 0.15) is 0 Å². The number of carbonyl (C=O) groups excluding carboxylic acids is 1. The number of hydrogen-bond acceptors (Lipinski definition) is 2. The number of benzene rings is 1. The average Bonchev–Trinajstić information content (AvgIpc) is 2.47. The summed E-state index contributed by atoms with van der Waals surface area (Å²) in [6, 6.07) is 9.20. The Morgan fingerprint density at radius 3 is 2.50 bits per heavy atom. The molecule has 0 aliphatic carbocycles. The SMILES string of the molecule is C=C1C(=O)N(c2ccccc2)O[C-]1C. The van der Waals surface area contributed by atoms with E-state index in [-0.39, 0.29) is 5.91 Å². The predicted octanol–water partition coefficient (Wildman–Crippen LogP) is 2.07. The zero-order valence-corrected chi connectivity index (χ0v) is 7.86. The van der Waals surface area contributed by atoms with Crippen LogP contribution < -0.4 is 5.06 Å². The molecule has 1 amide bonds. The molecular weight excluding hydrogens is 178 g/mol. The van der Waals surface area contributed by atoms with Crippen LogP contribution in [0.3, 0.4) is 0 Å². The van der Waals surface area contributed by atoms with Gasteiger partial charge in [-0.25, -0.2) is 5.06 Å². The van der Waals surface area contributed by atoms with Crippen LogP contribution in [0.1, 0.15) is 6.92 Å². The first-order valence-corrected chi connectivity index (χ1v) is 4.30. The van der Waals surface area contributed by atoms with Gasteiger partial charge in [0.25, 0.3) is 0 Å². The Kier molecular flexibility index (Phi) is 2.02. The van der Waals surface area contributed by atoms with Gasteiger partial charge in [0.05, 0.1) is 5.69 Å². The van der Waals surface area contributed by atoms with Crippen molar-refractivity contribution in [1.82, 2.24) is 0 Å². The van der Waals surface area contributed by atoms with E-state index in [2.05, 4.69) is 6.58 Å². The molecule has 0 saturated carbocycles. The van der Waals surface area contributed by atoms with E-state index in [9.17, 15) is 4.79 Å². The van der Waals surface area contributed by atoms with Crippen molar-refractivity contribution in [3.8, 4) is 0 Å². The normalized spacial score (nSPS) is 16.6. The molecule has 0 spiro atoms. The number of carbonyl (C=O) groups is 1. The minimum atomic E-state index is -0.200. The van der Waals surface area contributed by atoms with Crippen LogP contribution in [-0.2, 0) is 9.63 Å². The van der Waals surface area contributed by atoms with Gasteiger partial charge >= 0.3 is 0 Å². The second-order valence-corrected chi connectivity index (χ2v) is 3.06. The molecule has 1 fully saturated rings. The van der Waals surface area contributed by atoms with Gasteiger partial charge in [-0.15, -0.1) is 5.57 Å². The minimum Gasteiger partial charge on any atom is -0.344 e. The summed E-state index contributed by atoms with van der Waals surface area (Å²) >= 11 is 0. The number of hydrogen-bond donors (Lipinski definition) is 0. The van der Waals surface area contributed by atoms with Gasteiger partial charge in [-0.3, -0.25) is 0 Å². The van der Waals surface area contributed by atoms with Gasteiger partial charge < -0.3 is 9.63 Å². The monoisotopic (exact) mass is 188 g/mol. The maximum Gasteiger partial charge on any atom is 0.167 e. The molecule has 2 rings (SSSR count). The molecule has 1 aliphatic rings. The van der Waals surface area contributed by atoms with Crippen LogP contribution in [0.4, 0.5) is 5.69 Å². The first-order valence-electron chi connectivity index (χ1n) is 4.30. The van der Waals surface area contributed by atoms with Crippen molar-refractivity contribution in [3.05, 3.63) is 48.6 Å². The summed E-state index contributed by atoms with van der Waals surface area (Å²) in [4.78, 5) is 16.9. The van der Waals surface area contributed by atoms with Gasteiger partial charge in [-0.05, 0) is 18.2 Å². The molecule has 0 aromatic heterocycles. The lowest BCUT2D eigenvalue weighted by atomic mass is 10.2. The lowest BCUT2D eigenvalue weighted by Gasteiger charge is -2.19. The Morgan fingerprint density at radius 2 is 2.00 bits per heavy atom. The lowest BCUT2D eigenvalue weighted by Crippen LogP contribution is -2.22. The molecule has 0 bridgehead atoms. The smallest absolute Gasteiger partial charge is 0.167 e. The topological polar surface area (TPSA) is 29.5 Å². The molecule has 1 aliphatic heterocycles. The van der Waals surface area contributed by atoms with E-state index in [1.165, 1.54) is 5.06 Å². The largest absolute Gasteiger partial charge is 0.344 e. The van der Waals surface area contributed by atoms with Crippen LogP contribution in [0.15, 0.2) is 42.5 Å². The highest BCUT2D eigenvalue weighted by atomic mass is 16.7. The minimum absolute atomic E-state index is 0.200. The first kappa shape index (κ1) is 8.84. The summed E-state index contributed by atoms with van der Waals surface area (Å²) in [7, 11) is 0. The van der Waals surface area contributed by atoms with Gasteiger partial charge in [0, 0.05) is 0 Å². The number of rotatable bonds is 1. The van der Waals surface area contributed by atoms with Crippen molar-refractivity contribution in [3.63, 3.8) is 0 Å². The van der Waals surface area contributed by atoms with Crippen LogP contribution in [0, 0.1) is 6.10 Å². The van der Waals surface area contributed by atoms with Crippen LogP contribution in [0.5, 0.6) is 0 Å². The van der Waals surface area contributed by atoms with Gasteiger partial charge in [0.15, 0.2) is 5.91 Å². The molecule has 3 heteroatoms. The summed E-state index contributed by atoms with van der Waals surface area (Å²) in [5.74, 6) is -0.200. The zero-order valence-electron chi connectivity index (χ0n) is 7.86. The van der Waals surface area contributed by atoms with Crippen molar-refractivity contribution >= 4 is 11.6 Å². The van der Waals surface area contributed by atoms with Gasteiger partial charge in [-0.1, -0.05) is 25.1 Å². The predicted molar refractivity (Wildman–Crippen MR) is 53.1 cm³/mol. The van der Waals surface area contributed by atoms with Crippen molar-refractivity contribution in [2.45, 2.75) is 6.92 Å². The Hall–Kier alpha value is -1.74. The second-order valence-electron chi connectivity index (χ2n) is 3.06. The number of para-hydroxylation sites is 1. The number of hydroxylamine groups is 1. The third-order valence-corrected chi connectivity index (χ3v) is 2.09. The van der Waals surface area contributed by atoms with Crippen LogP contribution in [-0.4, -0.2) is 5.91 Å². The van der Waals surface area contributed by atoms with Gasteiger partial charge in [0.2, 0.25) is 0 Å². The van der Waals surface area contributed by atoms with E-state index < -0.39 is 0 Å². The highest BCUT2D eigenvalue weighted by Gasteiger charge is 2.24. The fourth-order valence-electron chi connectivity index (χ4n) is 1.24. The average molecular weight is 188 g/mol. The van der Waals surface area contributed by atoms with Crippen molar-refractivity contribution in [2.24, 2.45) is 0 Å². The summed E-state index contributed by atoms with van der Waals surface area (Å²) in [6.45, 7) is 5.36. The van der Waals surface area contributed by atoms with Crippen LogP contribution in [0.2, 0.25) is 0 Å². The van der Waals surface area contributed by atoms with E-state index in [4.69, 9.17) is 4.84 Å². The van der Waals surface area contributed by atoms with Crippen molar-refractivity contribution in [2.75, 3.05) is 5.06 Å². The Morgan fingerprint density at radius 1 is 1.36 bits per heavy atom. The second kappa shape index (κ2) is 3.20. The molecule has 0 unspecified atom stereocenters. The van der Waals surface area contributed by atoms with Gasteiger partial charge in [-0.2, -0.15) is 6.58 Å². The molecule has 0 radical (unpaired) electrons. The third-order valence-electron chi connectivity index (χ3n) is 2.09. The maximum atomic E-state index is 11.6. The molecule has 0 atom stereocenters. The molecule has 1 heterocycles. The number of amides is 1. The molecule has 0 N–H and O–H groups in total. The molecule has 72 valence electrons. The number of anilines is 1. The number of nitrogens with zero attached hydrogens (tertiary/aromatic N) is 1. The first-order chi connectivity index (χ1) is 6.70. The van der Waals surface area contributed by atoms with E-state index in [0.29, 0.717) is 11.7 Å². The Bertz CT molecular complexity index is 372. The maximum absolute atomic E-state index is 11.6. The highest BCUT2D eigenvalue weighted by molar-refractivity contribution is 6.07. The molecule has 1 aromatic carbocycles. The fourth-order valence-corrected chi connectivity index (χ4v) is 1.24. The summed E-state index contributed by atoms with van der Waals surface area (Å²) < 4.78 is 0.